The van der Waals surface area contributed by atoms with Gasteiger partial charge in [0.2, 0.25) is 10.0 Å². The lowest BCUT2D eigenvalue weighted by molar-refractivity contribution is 0.281. The standard InChI is InChI=1S/C14H19Cl2NO3S/c15-12-6-7-13(14(16)11(12)9-18)21(19,20)17-8-10-4-2-1-3-5-10/h6-7,10,17-18H,1-5,8-9H2. The number of aliphatic hydroxyl groups excluding tert-OH is 1. The molecule has 7 heteroatoms. The van der Waals surface area contributed by atoms with Crippen molar-refractivity contribution in [2.24, 2.45) is 5.92 Å². The van der Waals surface area contributed by atoms with E-state index in [-0.39, 0.29) is 20.5 Å². The second kappa shape index (κ2) is 7.29. The number of nitrogens with one attached hydrogen (secondary N) is 1. The molecular formula is C14H19Cl2NO3S. The number of hydrogen-bond acceptors (Lipinski definition) is 3. The second-order valence-electron chi connectivity index (χ2n) is 5.35. The second-order valence-corrected chi connectivity index (χ2v) is 7.87. The first-order valence-electron chi connectivity index (χ1n) is 7.03. The minimum absolute atomic E-state index is 0.0128. The van der Waals surface area contributed by atoms with Gasteiger partial charge in [0.05, 0.1) is 11.6 Å². The van der Waals surface area contributed by atoms with E-state index in [9.17, 15) is 13.5 Å². The molecule has 0 amide bonds. The predicted octanol–water partition coefficient (Wildman–Crippen LogP) is 3.34. The molecule has 2 rings (SSSR count). The number of sulfonamides is 1. The number of halogens is 2. The van der Waals surface area contributed by atoms with Crippen LogP contribution in [-0.2, 0) is 16.6 Å². The number of hydrogen-bond donors (Lipinski definition) is 2. The van der Waals surface area contributed by atoms with Crippen LogP contribution in [0.2, 0.25) is 10.0 Å². The van der Waals surface area contributed by atoms with E-state index >= 15 is 0 Å². The summed E-state index contributed by atoms with van der Waals surface area (Å²) >= 11 is 11.9. The van der Waals surface area contributed by atoms with Gasteiger partial charge in [-0.1, -0.05) is 42.5 Å². The van der Waals surface area contributed by atoms with E-state index in [1.165, 1.54) is 18.6 Å². The van der Waals surface area contributed by atoms with E-state index in [0.29, 0.717) is 12.5 Å². The molecule has 1 aromatic rings. The number of benzene rings is 1. The maximum absolute atomic E-state index is 12.4. The smallest absolute Gasteiger partial charge is 0.242 e. The Labute approximate surface area is 135 Å². The van der Waals surface area contributed by atoms with Crippen molar-refractivity contribution in [1.29, 1.82) is 0 Å². The average Bonchev–Trinajstić information content (AvgIpc) is 2.46. The van der Waals surface area contributed by atoms with Gasteiger partial charge in [-0.25, -0.2) is 13.1 Å². The molecule has 1 saturated carbocycles. The van der Waals surface area contributed by atoms with Gasteiger partial charge in [0.1, 0.15) is 4.90 Å². The lowest BCUT2D eigenvalue weighted by Crippen LogP contribution is -2.30. The highest BCUT2D eigenvalue weighted by atomic mass is 35.5. The van der Waals surface area contributed by atoms with Crippen LogP contribution in [0, 0.1) is 5.92 Å². The first-order valence-corrected chi connectivity index (χ1v) is 9.27. The fourth-order valence-corrected chi connectivity index (χ4v) is 4.64. The van der Waals surface area contributed by atoms with E-state index in [0.717, 1.165) is 25.7 Å². The molecule has 118 valence electrons. The van der Waals surface area contributed by atoms with Crippen LogP contribution in [0.4, 0.5) is 0 Å². The summed E-state index contributed by atoms with van der Waals surface area (Å²) < 4.78 is 27.3. The van der Waals surface area contributed by atoms with Gasteiger partial charge < -0.3 is 5.11 Å². The molecule has 0 bridgehead atoms. The minimum Gasteiger partial charge on any atom is -0.392 e. The van der Waals surface area contributed by atoms with Gasteiger partial charge in [-0.2, -0.15) is 0 Å². The Morgan fingerprint density at radius 2 is 1.86 bits per heavy atom. The van der Waals surface area contributed by atoms with Crippen LogP contribution < -0.4 is 4.72 Å². The molecule has 21 heavy (non-hydrogen) atoms. The maximum atomic E-state index is 12.4. The molecule has 0 heterocycles. The van der Waals surface area contributed by atoms with Crippen LogP contribution >= 0.6 is 23.2 Å². The van der Waals surface area contributed by atoms with Crippen molar-refractivity contribution in [2.45, 2.75) is 43.6 Å². The molecule has 0 unspecified atom stereocenters. The molecule has 0 spiro atoms. The fraction of sp³-hybridized carbons (Fsp3) is 0.571. The summed E-state index contributed by atoms with van der Waals surface area (Å²) in [5.41, 5.74) is 0.235. The zero-order chi connectivity index (χ0) is 15.5. The Bertz CT molecular complexity index is 598. The van der Waals surface area contributed by atoms with Crippen molar-refractivity contribution in [3.05, 3.63) is 27.7 Å². The van der Waals surface area contributed by atoms with Gasteiger partial charge in [0, 0.05) is 17.1 Å². The lowest BCUT2D eigenvalue weighted by Gasteiger charge is -2.22. The molecule has 4 nitrogen and oxygen atoms in total. The van der Waals surface area contributed by atoms with Gasteiger partial charge >= 0.3 is 0 Å². The summed E-state index contributed by atoms with van der Waals surface area (Å²) in [6.07, 6.45) is 5.65. The van der Waals surface area contributed by atoms with Gasteiger partial charge in [0.25, 0.3) is 0 Å². The molecule has 0 aromatic heterocycles. The summed E-state index contributed by atoms with van der Waals surface area (Å²) in [6, 6.07) is 2.81. The van der Waals surface area contributed by atoms with Gasteiger partial charge in [-0.15, -0.1) is 0 Å². The van der Waals surface area contributed by atoms with Crippen molar-refractivity contribution in [2.75, 3.05) is 6.54 Å². The van der Waals surface area contributed by atoms with Crippen molar-refractivity contribution < 1.29 is 13.5 Å². The average molecular weight is 352 g/mol. The highest BCUT2D eigenvalue weighted by molar-refractivity contribution is 7.89. The maximum Gasteiger partial charge on any atom is 0.242 e. The zero-order valence-corrected chi connectivity index (χ0v) is 13.9. The molecular weight excluding hydrogens is 333 g/mol. The highest BCUT2D eigenvalue weighted by Gasteiger charge is 2.23. The Morgan fingerprint density at radius 3 is 2.48 bits per heavy atom. The molecule has 0 atom stereocenters. The van der Waals surface area contributed by atoms with E-state index in [1.807, 2.05) is 0 Å². The Balaban J connectivity index is 2.15. The molecule has 1 aromatic carbocycles. The van der Waals surface area contributed by atoms with Crippen LogP contribution in [0.5, 0.6) is 0 Å². The molecule has 0 aliphatic heterocycles. The SMILES string of the molecule is O=S(=O)(NCC1CCCCC1)c1ccc(Cl)c(CO)c1Cl. The van der Waals surface area contributed by atoms with Gasteiger partial charge in [-0.3, -0.25) is 0 Å². The summed E-state index contributed by atoms with van der Waals surface area (Å²) in [6.45, 7) is 0.0272. The van der Waals surface area contributed by atoms with Crippen LogP contribution in [-0.4, -0.2) is 20.1 Å². The largest absolute Gasteiger partial charge is 0.392 e. The highest BCUT2D eigenvalue weighted by Crippen LogP contribution is 2.31. The Hall–Kier alpha value is -0.330. The first-order chi connectivity index (χ1) is 9.95. The zero-order valence-electron chi connectivity index (χ0n) is 11.6. The Kier molecular flexibility index (Phi) is 5.91. The molecule has 1 aliphatic rings. The van der Waals surface area contributed by atoms with E-state index < -0.39 is 16.6 Å². The monoisotopic (exact) mass is 351 g/mol. The van der Waals surface area contributed by atoms with Gasteiger partial charge in [-0.05, 0) is 30.9 Å². The third kappa shape index (κ3) is 4.11. The molecule has 1 aliphatic carbocycles. The van der Waals surface area contributed by atoms with Crippen LogP contribution in [0.3, 0.4) is 0 Å². The van der Waals surface area contributed by atoms with Crippen molar-refractivity contribution in [1.82, 2.24) is 4.72 Å². The van der Waals surface area contributed by atoms with E-state index in [1.54, 1.807) is 0 Å². The van der Waals surface area contributed by atoms with Crippen LogP contribution in [0.15, 0.2) is 17.0 Å². The van der Waals surface area contributed by atoms with Crippen LogP contribution in [0.25, 0.3) is 0 Å². The summed E-state index contributed by atoms with van der Waals surface area (Å²) in [7, 11) is -3.69. The number of rotatable bonds is 5. The van der Waals surface area contributed by atoms with Crippen molar-refractivity contribution >= 4 is 33.2 Å². The molecule has 2 N–H and O–H groups in total. The van der Waals surface area contributed by atoms with Crippen LogP contribution in [0.1, 0.15) is 37.7 Å². The minimum atomic E-state index is -3.69. The molecule has 1 fully saturated rings. The van der Waals surface area contributed by atoms with E-state index in [2.05, 4.69) is 4.72 Å². The van der Waals surface area contributed by atoms with Crippen molar-refractivity contribution in [3.8, 4) is 0 Å². The lowest BCUT2D eigenvalue weighted by atomic mass is 9.90. The van der Waals surface area contributed by atoms with Gasteiger partial charge in [0.15, 0.2) is 0 Å². The fourth-order valence-electron chi connectivity index (χ4n) is 2.63. The first kappa shape index (κ1) is 17.0. The third-order valence-corrected chi connectivity index (χ3v) is 6.25. The van der Waals surface area contributed by atoms with E-state index in [4.69, 9.17) is 23.2 Å². The summed E-state index contributed by atoms with van der Waals surface area (Å²) in [5.74, 6) is 0.386. The van der Waals surface area contributed by atoms with Crippen molar-refractivity contribution in [3.63, 3.8) is 0 Å². The number of aliphatic hydroxyl groups is 1. The topological polar surface area (TPSA) is 66.4 Å². The molecule has 0 saturated heterocycles. The summed E-state index contributed by atoms with van der Waals surface area (Å²) in [4.78, 5) is -0.0339. The summed E-state index contributed by atoms with van der Waals surface area (Å²) in [5, 5.41) is 9.48. The Morgan fingerprint density at radius 1 is 1.19 bits per heavy atom. The molecule has 0 radical (unpaired) electrons. The predicted molar refractivity (Wildman–Crippen MR) is 84.1 cm³/mol. The normalized spacial score (nSPS) is 17.1. The quantitative estimate of drug-likeness (QED) is 0.854. The third-order valence-electron chi connectivity index (χ3n) is 3.89.